The lowest BCUT2D eigenvalue weighted by atomic mass is 9.72. The molecule has 1 aliphatic heterocycles. The normalized spacial score (nSPS) is 17.6. The van der Waals surface area contributed by atoms with E-state index in [1.807, 2.05) is 51.2 Å². The van der Waals surface area contributed by atoms with E-state index in [1.54, 1.807) is 11.8 Å². The van der Waals surface area contributed by atoms with Crippen molar-refractivity contribution < 1.29 is 13.2 Å². The molecule has 28 heavy (non-hydrogen) atoms. The zero-order chi connectivity index (χ0) is 20.3. The lowest BCUT2D eigenvalue weighted by molar-refractivity contribution is -0.139. The molecule has 1 heterocycles. The van der Waals surface area contributed by atoms with Gasteiger partial charge in [0, 0.05) is 26.7 Å². The van der Waals surface area contributed by atoms with Crippen LogP contribution in [0, 0.1) is 5.41 Å². The van der Waals surface area contributed by atoms with Gasteiger partial charge in [0.05, 0.1) is 11.2 Å². The van der Waals surface area contributed by atoms with E-state index in [-0.39, 0.29) is 29.5 Å². The molecular formula is C20H34ClN3O3S. The van der Waals surface area contributed by atoms with Crippen LogP contribution in [0.2, 0.25) is 0 Å². The van der Waals surface area contributed by atoms with Gasteiger partial charge in [0.2, 0.25) is 15.9 Å². The Morgan fingerprint density at radius 2 is 1.75 bits per heavy atom. The highest BCUT2D eigenvalue weighted by atomic mass is 35.5. The Balaban J connectivity index is 0.00000392. The Labute approximate surface area is 175 Å². The number of carbonyl (C=O) groups is 1. The minimum Gasteiger partial charge on any atom is -0.344 e. The van der Waals surface area contributed by atoms with Gasteiger partial charge in [0.1, 0.15) is 0 Å². The van der Waals surface area contributed by atoms with Gasteiger partial charge in [-0.05, 0) is 37.3 Å². The fourth-order valence-electron chi connectivity index (χ4n) is 3.86. The second-order valence-electron chi connectivity index (χ2n) is 8.28. The van der Waals surface area contributed by atoms with Gasteiger partial charge in [0.15, 0.2) is 0 Å². The van der Waals surface area contributed by atoms with Gasteiger partial charge in [-0.3, -0.25) is 4.79 Å². The molecule has 1 aromatic rings. The standard InChI is InChI=1S/C20H33N3O3S.ClH/c1-5-27(25,26)23-13-11-20(12-14-23,17-9-7-6-8-10-17)18(24)22(4)16-19(2,3)15-21;/h6-10H,5,11-16,21H2,1-4H3;1H. The number of piperidine rings is 1. The second-order valence-corrected chi connectivity index (χ2v) is 10.5. The van der Waals surface area contributed by atoms with Gasteiger partial charge in [-0.1, -0.05) is 44.2 Å². The predicted octanol–water partition coefficient (Wildman–Crippen LogP) is 2.24. The lowest BCUT2D eigenvalue weighted by Gasteiger charge is -2.43. The number of carbonyl (C=O) groups excluding carboxylic acids is 1. The summed E-state index contributed by atoms with van der Waals surface area (Å²) in [6, 6.07) is 9.75. The number of sulfonamides is 1. The topological polar surface area (TPSA) is 83.7 Å². The number of benzene rings is 1. The predicted molar refractivity (Wildman–Crippen MR) is 116 cm³/mol. The molecule has 0 radical (unpaired) electrons. The molecule has 1 fully saturated rings. The van der Waals surface area contributed by atoms with E-state index in [0.29, 0.717) is 39.0 Å². The van der Waals surface area contributed by atoms with Crippen molar-refractivity contribution in [3.63, 3.8) is 0 Å². The molecule has 0 unspecified atom stereocenters. The number of nitrogens with two attached hydrogens (primary N) is 1. The van der Waals surface area contributed by atoms with Crippen LogP contribution >= 0.6 is 12.4 Å². The summed E-state index contributed by atoms with van der Waals surface area (Å²) in [5, 5.41) is 0. The van der Waals surface area contributed by atoms with Crippen molar-refractivity contribution in [2.45, 2.75) is 39.0 Å². The van der Waals surface area contributed by atoms with Crippen LogP contribution in [0.3, 0.4) is 0 Å². The largest absolute Gasteiger partial charge is 0.344 e. The number of hydrogen-bond acceptors (Lipinski definition) is 4. The van der Waals surface area contributed by atoms with Crippen LogP contribution in [0.5, 0.6) is 0 Å². The van der Waals surface area contributed by atoms with Crippen molar-refractivity contribution in [3.05, 3.63) is 35.9 Å². The first-order valence-corrected chi connectivity index (χ1v) is 11.2. The van der Waals surface area contributed by atoms with E-state index < -0.39 is 15.4 Å². The van der Waals surface area contributed by atoms with E-state index in [9.17, 15) is 13.2 Å². The van der Waals surface area contributed by atoms with Crippen molar-refractivity contribution in [2.75, 3.05) is 39.0 Å². The Morgan fingerprint density at radius 1 is 1.21 bits per heavy atom. The van der Waals surface area contributed by atoms with E-state index in [1.165, 1.54) is 4.31 Å². The summed E-state index contributed by atoms with van der Waals surface area (Å²) < 4.78 is 26.0. The van der Waals surface area contributed by atoms with Gasteiger partial charge in [-0.25, -0.2) is 12.7 Å². The first-order chi connectivity index (χ1) is 12.6. The first kappa shape index (κ1) is 24.9. The summed E-state index contributed by atoms with van der Waals surface area (Å²) in [6.45, 7) is 7.53. The van der Waals surface area contributed by atoms with Crippen LogP contribution in [-0.4, -0.2) is 62.5 Å². The molecule has 2 N–H and O–H groups in total. The molecule has 8 heteroatoms. The molecule has 0 aliphatic carbocycles. The average Bonchev–Trinajstić information content (AvgIpc) is 2.67. The van der Waals surface area contributed by atoms with Crippen LogP contribution in [0.1, 0.15) is 39.2 Å². The molecule has 0 spiro atoms. The maximum Gasteiger partial charge on any atom is 0.233 e. The summed E-state index contributed by atoms with van der Waals surface area (Å²) in [4.78, 5) is 15.3. The average molecular weight is 432 g/mol. The number of likely N-dealkylation sites (N-methyl/N-ethyl adjacent to an activating group) is 1. The van der Waals surface area contributed by atoms with Crippen molar-refractivity contribution in [2.24, 2.45) is 11.1 Å². The first-order valence-electron chi connectivity index (χ1n) is 9.57. The summed E-state index contributed by atoms with van der Waals surface area (Å²) >= 11 is 0. The van der Waals surface area contributed by atoms with Gasteiger partial charge >= 0.3 is 0 Å². The van der Waals surface area contributed by atoms with E-state index in [4.69, 9.17) is 5.73 Å². The molecule has 2 rings (SSSR count). The molecule has 0 atom stereocenters. The number of nitrogens with zero attached hydrogens (tertiary/aromatic N) is 2. The quantitative estimate of drug-likeness (QED) is 0.717. The fraction of sp³-hybridized carbons (Fsp3) is 0.650. The molecule has 160 valence electrons. The highest BCUT2D eigenvalue weighted by molar-refractivity contribution is 7.89. The SMILES string of the molecule is CCS(=O)(=O)N1CCC(C(=O)N(C)CC(C)(C)CN)(c2ccccc2)CC1.Cl. The summed E-state index contributed by atoms with van der Waals surface area (Å²) in [5.74, 6) is 0.132. The molecule has 6 nitrogen and oxygen atoms in total. The van der Waals surface area contributed by atoms with Crippen LogP contribution < -0.4 is 5.73 Å². The Hall–Kier alpha value is -1.15. The maximum absolute atomic E-state index is 13.6. The molecule has 1 aliphatic rings. The molecule has 1 aromatic carbocycles. The lowest BCUT2D eigenvalue weighted by Crippen LogP contribution is -2.54. The Kier molecular flexibility index (Phi) is 8.50. The van der Waals surface area contributed by atoms with Crippen LogP contribution in [0.15, 0.2) is 30.3 Å². The van der Waals surface area contributed by atoms with E-state index in [0.717, 1.165) is 5.56 Å². The third kappa shape index (κ3) is 5.26. The Morgan fingerprint density at radius 3 is 2.21 bits per heavy atom. The molecule has 1 amide bonds. The third-order valence-corrected chi connectivity index (χ3v) is 7.52. The van der Waals surface area contributed by atoms with Crippen molar-refractivity contribution in [1.82, 2.24) is 9.21 Å². The molecular weight excluding hydrogens is 398 g/mol. The maximum atomic E-state index is 13.6. The zero-order valence-electron chi connectivity index (χ0n) is 17.3. The summed E-state index contributed by atoms with van der Waals surface area (Å²) in [5.41, 5.74) is 5.94. The summed E-state index contributed by atoms with van der Waals surface area (Å²) in [7, 11) is -1.42. The van der Waals surface area contributed by atoms with Gasteiger partial charge in [-0.2, -0.15) is 0 Å². The third-order valence-electron chi connectivity index (χ3n) is 5.63. The highest BCUT2D eigenvalue weighted by Gasteiger charge is 2.46. The van der Waals surface area contributed by atoms with Crippen LogP contribution in [-0.2, 0) is 20.2 Å². The second kappa shape index (κ2) is 9.57. The molecule has 0 bridgehead atoms. The van der Waals surface area contributed by atoms with Gasteiger partial charge in [-0.15, -0.1) is 12.4 Å². The van der Waals surface area contributed by atoms with Crippen LogP contribution in [0.4, 0.5) is 0 Å². The number of amides is 1. The van der Waals surface area contributed by atoms with Crippen molar-refractivity contribution in [1.29, 1.82) is 0 Å². The minimum atomic E-state index is -3.24. The fourth-order valence-corrected chi connectivity index (χ4v) is 4.96. The Bertz CT molecular complexity index is 745. The number of hydrogen-bond donors (Lipinski definition) is 1. The van der Waals surface area contributed by atoms with Crippen LogP contribution in [0.25, 0.3) is 0 Å². The van der Waals surface area contributed by atoms with Gasteiger partial charge in [0.25, 0.3) is 0 Å². The minimum absolute atomic E-state index is 0. The van der Waals surface area contributed by atoms with E-state index in [2.05, 4.69) is 0 Å². The van der Waals surface area contributed by atoms with Crippen molar-refractivity contribution >= 4 is 28.3 Å². The van der Waals surface area contributed by atoms with Crippen molar-refractivity contribution in [3.8, 4) is 0 Å². The van der Waals surface area contributed by atoms with Gasteiger partial charge < -0.3 is 10.6 Å². The summed E-state index contributed by atoms with van der Waals surface area (Å²) in [6.07, 6.45) is 0.977. The molecule has 0 aromatic heterocycles. The number of rotatable bonds is 7. The molecule has 0 saturated carbocycles. The smallest absolute Gasteiger partial charge is 0.233 e. The monoisotopic (exact) mass is 431 g/mol. The van der Waals surface area contributed by atoms with E-state index >= 15 is 0 Å². The number of halogens is 1. The zero-order valence-corrected chi connectivity index (χ0v) is 19.0. The molecule has 1 saturated heterocycles. The highest BCUT2D eigenvalue weighted by Crippen LogP contribution is 2.38.